The first-order chi connectivity index (χ1) is 7.79. The van der Waals surface area contributed by atoms with E-state index in [0.717, 1.165) is 12.5 Å². The van der Waals surface area contributed by atoms with Gasteiger partial charge in [-0.3, -0.25) is 4.79 Å². The summed E-state index contributed by atoms with van der Waals surface area (Å²) in [6.07, 6.45) is 3.05. The van der Waals surface area contributed by atoms with E-state index >= 15 is 0 Å². The SMILES string of the molecule is CCOC(=O)CCNC1CCN2CCC1C2. The largest absolute Gasteiger partial charge is 0.466 e. The number of hydrogen-bond donors (Lipinski definition) is 1. The zero-order valence-corrected chi connectivity index (χ0v) is 10.1. The Morgan fingerprint density at radius 1 is 1.44 bits per heavy atom. The lowest BCUT2D eigenvalue weighted by Crippen LogP contribution is -2.44. The molecule has 0 amide bonds. The summed E-state index contributed by atoms with van der Waals surface area (Å²) < 4.78 is 4.91. The number of rotatable bonds is 5. The summed E-state index contributed by atoms with van der Waals surface area (Å²) in [6, 6.07) is 0.619. The standard InChI is InChI=1S/C12H22N2O2/c1-2-16-12(15)3-6-13-11-5-8-14-7-4-10(11)9-14/h10-11,13H,2-9H2,1H3. The predicted molar refractivity (Wildman–Crippen MR) is 62.2 cm³/mol. The molecule has 0 aromatic carbocycles. The summed E-state index contributed by atoms with van der Waals surface area (Å²) in [4.78, 5) is 13.7. The van der Waals surface area contributed by atoms with Crippen LogP contribution in [0.3, 0.4) is 0 Å². The zero-order chi connectivity index (χ0) is 11.4. The lowest BCUT2D eigenvalue weighted by Gasteiger charge is -2.31. The molecule has 0 aromatic rings. The number of nitrogens with one attached hydrogen (secondary N) is 1. The smallest absolute Gasteiger partial charge is 0.307 e. The van der Waals surface area contributed by atoms with Gasteiger partial charge in [-0.25, -0.2) is 0 Å². The maximum Gasteiger partial charge on any atom is 0.307 e. The second kappa shape index (κ2) is 5.64. The molecule has 2 saturated heterocycles. The number of carbonyl (C=O) groups excluding carboxylic acids is 1. The van der Waals surface area contributed by atoms with Gasteiger partial charge >= 0.3 is 5.97 Å². The molecule has 1 N–H and O–H groups in total. The molecule has 2 rings (SSSR count). The number of nitrogens with zero attached hydrogens (tertiary/aromatic N) is 1. The molecule has 4 heteroatoms. The van der Waals surface area contributed by atoms with Gasteiger partial charge in [-0.15, -0.1) is 0 Å². The van der Waals surface area contributed by atoms with Crippen LogP contribution >= 0.6 is 0 Å². The fourth-order valence-corrected chi connectivity index (χ4v) is 2.81. The van der Waals surface area contributed by atoms with Crippen LogP contribution in [0.1, 0.15) is 26.2 Å². The van der Waals surface area contributed by atoms with Crippen molar-refractivity contribution >= 4 is 5.97 Å². The quantitative estimate of drug-likeness (QED) is 0.698. The number of hydrogen-bond acceptors (Lipinski definition) is 4. The highest BCUT2D eigenvalue weighted by Gasteiger charge is 2.33. The molecule has 3 unspecified atom stereocenters. The molecule has 4 nitrogen and oxygen atoms in total. The number of piperidine rings is 1. The van der Waals surface area contributed by atoms with E-state index in [4.69, 9.17) is 4.74 Å². The highest BCUT2D eigenvalue weighted by atomic mass is 16.5. The summed E-state index contributed by atoms with van der Waals surface area (Å²) in [7, 11) is 0. The van der Waals surface area contributed by atoms with Gasteiger partial charge in [0.05, 0.1) is 13.0 Å². The summed E-state index contributed by atoms with van der Waals surface area (Å²) in [6.45, 7) is 6.82. The molecule has 0 aliphatic carbocycles. The Bertz CT molecular complexity index is 245. The fourth-order valence-electron chi connectivity index (χ4n) is 2.81. The van der Waals surface area contributed by atoms with E-state index in [2.05, 4.69) is 10.2 Å². The Labute approximate surface area is 97.3 Å². The van der Waals surface area contributed by atoms with Crippen molar-refractivity contribution in [2.75, 3.05) is 32.8 Å². The van der Waals surface area contributed by atoms with Gasteiger partial charge in [0, 0.05) is 19.1 Å². The average molecular weight is 226 g/mol. The second-order valence-electron chi connectivity index (χ2n) is 4.75. The third-order valence-corrected chi connectivity index (χ3v) is 3.68. The second-order valence-corrected chi connectivity index (χ2v) is 4.75. The van der Waals surface area contributed by atoms with Crippen LogP contribution < -0.4 is 5.32 Å². The Kier molecular flexibility index (Phi) is 4.18. The van der Waals surface area contributed by atoms with Crippen LogP contribution in [0, 0.1) is 5.92 Å². The Hall–Kier alpha value is -0.610. The number of esters is 1. The third-order valence-electron chi connectivity index (χ3n) is 3.68. The van der Waals surface area contributed by atoms with E-state index in [-0.39, 0.29) is 5.97 Å². The summed E-state index contributed by atoms with van der Waals surface area (Å²) in [5.74, 6) is 0.717. The molecule has 3 atom stereocenters. The molecule has 0 radical (unpaired) electrons. The van der Waals surface area contributed by atoms with Crippen LogP contribution in [0.5, 0.6) is 0 Å². The van der Waals surface area contributed by atoms with Crippen LogP contribution in [-0.4, -0.2) is 49.7 Å². The average Bonchev–Trinajstić information content (AvgIpc) is 2.65. The molecule has 0 saturated carbocycles. The first-order valence-electron chi connectivity index (χ1n) is 6.41. The molecule has 2 aliphatic rings. The normalized spacial score (nSPS) is 32.7. The van der Waals surface area contributed by atoms with Gasteiger partial charge < -0.3 is 15.0 Å². The molecule has 16 heavy (non-hydrogen) atoms. The van der Waals surface area contributed by atoms with Crippen LogP contribution in [0.2, 0.25) is 0 Å². The molecule has 2 fully saturated rings. The van der Waals surface area contributed by atoms with Crippen molar-refractivity contribution in [1.29, 1.82) is 0 Å². The molecular weight excluding hydrogens is 204 g/mol. The first-order valence-corrected chi connectivity index (χ1v) is 6.41. The summed E-state index contributed by atoms with van der Waals surface area (Å²) in [5, 5.41) is 3.51. The number of fused-ring (bicyclic) bond motifs is 2. The van der Waals surface area contributed by atoms with Crippen molar-refractivity contribution in [2.45, 2.75) is 32.2 Å². The van der Waals surface area contributed by atoms with Gasteiger partial charge in [0.1, 0.15) is 0 Å². The lowest BCUT2D eigenvalue weighted by atomic mass is 9.94. The monoisotopic (exact) mass is 226 g/mol. The van der Waals surface area contributed by atoms with Crippen LogP contribution in [0.25, 0.3) is 0 Å². The predicted octanol–water partition coefficient (Wildman–Crippen LogP) is 0.623. The first kappa shape index (κ1) is 11.9. The van der Waals surface area contributed by atoms with E-state index in [1.54, 1.807) is 0 Å². The minimum absolute atomic E-state index is 0.0844. The topological polar surface area (TPSA) is 41.6 Å². The van der Waals surface area contributed by atoms with Gasteiger partial charge in [-0.1, -0.05) is 0 Å². The maximum atomic E-state index is 11.2. The van der Waals surface area contributed by atoms with Gasteiger partial charge in [0.2, 0.25) is 0 Å². The minimum atomic E-state index is -0.0844. The van der Waals surface area contributed by atoms with Crippen LogP contribution in [0.15, 0.2) is 0 Å². The number of ether oxygens (including phenoxy) is 1. The lowest BCUT2D eigenvalue weighted by molar-refractivity contribution is -0.143. The summed E-state index contributed by atoms with van der Waals surface area (Å²) in [5.41, 5.74) is 0. The highest BCUT2D eigenvalue weighted by Crippen LogP contribution is 2.26. The Balaban J connectivity index is 1.64. The zero-order valence-electron chi connectivity index (χ0n) is 10.1. The van der Waals surface area contributed by atoms with Crippen molar-refractivity contribution in [2.24, 2.45) is 5.92 Å². The molecule has 2 aliphatic heterocycles. The molecule has 0 aromatic heterocycles. The van der Waals surface area contributed by atoms with Gasteiger partial charge in [-0.05, 0) is 38.8 Å². The van der Waals surface area contributed by atoms with Gasteiger partial charge in [0.15, 0.2) is 0 Å². The highest BCUT2D eigenvalue weighted by molar-refractivity contribution is 5.69. The van der Waals surface area contributed by atoms with E-state index < -0.39 is 0 Å². The Morgan fingerprint density at radius 3 is 3.06 bits per heavy atom. The molecule has 92 valence electrons. The molecule has 2 bridgehead atoms. The van der Waals surface area contributed by atoms with Crippen molar-refractivity contribution in [3.05, 3.63) is 0 Å². The number of carbonyl (C=O) groups is 1. The van der Waals surface area contributed by atoms with E-state index in [1.807, 2.05) is 6.92 Å². The molecule has 0 spiro atoms. The maximum absolute atomic E-state index is 11.2. The van der Waals surface area contributed by atoms with Crippen molar-refractivity contribution in [1.82, 2.24) is 10.2 Å². The van der Waals surface area contributed by atoms with Crippen molar-refractivity contribution in [3.8, 4) is 0 Å². The van der Waals surface area contributed by atoms with Crippen LogP contribution in [-0.2, 0) is 9.53 Å². The van der Waals surface area contributed by atoms with Crippen molar-refractivity contribution in [3.63, 3.8) is 0 Å². The van der Waals surface area contributed by atoms with Crippen molar-refractivity contribution < 1.29 is 9.53 Å². The molecular formula is C12H22N2O2. The minimum Gasteiger partial charge on any atom is -0.466 e. The van der Waals surface area contributed by atoms with E-state index in [0.29, 0.717) is 19.1 Å². The molecule has 2 heterocycles. The third kappa shape index (κ3) is 2.95. The van der Waals surface area contributed by atoms with Gasteiger partial charge in [-0.2, -0.15) is 0 Å². The van der Waals surface area contributed by atoms with Crippen LogP contribution in [0.4, 0.5) is 0 Å². The summed E-state index contributed by atoms with van der Waals surface area (Å²) >= 11 is 0. The van der Waals surface area contributed by atoms with Gasteiger partial charge in [0.25, 0.3) is 0 Å². The van der Waals surface area contributed by atoms with E-state index in [9.17, 15) is 4.79 Å². The fraction of sp³-hybridized carbons (Fsp3) is 0.917. The Morgan fingerprint density at radius 2 is 2.25 bits per heavy atom. The van der Waals surface area contributed by atoms with E-state index in [1.165, 1.54) is 32.5 Å².